The number of hydrogen-bond donors (Lipinski definition) is 1. The first-order valence-corrected chi connectivity index (χ1v) is 7.53. The summed E-state index contributed by atoms with van der Waals surface area (Å²) in [6, 6.07) is 7.69. The maximum atomic E-state index is 13.6. The van der Waals surface area contributed by atoms with Crippen molar-refractivity contribution in [1.29, 1.82) is 0 Å². The van der Waals surface area contributed by atoms with E-state index in [4.69, 9.17) is 16.3 Å². The van der Waals surface area contributed by atoms with Crippen LogP contribution in [0.3, 0.4) is 0 Å². The van der Waals surface area contributed by atoms with Gasteiger partial charge in [-0.25, -0.2) is 8.78 Å². The fourth-order valence-corrected chi connectivity index (χ4v) is 2.82. The Balaban J connectivity index is 1.66. The van der Waals surface area contributed by atoms with Gasteiger partial charge in [-0.05, 0) is 45.8 Å². The van der Waals surface area contributed by atoms with Crippen molar-refractivity contribution in [2.75, 3.05) is 11.9 Å². The summed E-state index contributed by atoms with van der Waals surface area (Å²) in [5.74, 6) is -0.460. The highest BCUT2D eigenvalue weighted by atomic mass is 79.9. The first-order valence-electron chi connectivity index (χ1n) is 6.36. The molecule has 0 radical (unpaired) electrons. The van der Waals surface area contributed by atoms with Crippen LogP contribution in [-0.4, -0.2) is 12.6 Å². The van der Waals surface area contributed by atoms with Crippen LogP contribution in [-0.2, 0) is 6.42 Å². The standard InChI is InChI=1S/C15H11BrClF2NO/c16-11-5-14(13(19)6-12(11)18)20-7-10-4-8-3-9(17)1-2-15(8)21-10/h1-3,5-6,10,20H,4,7H2. The molecule has 0 spiro atoms. The van der Waals surface area contributed by atoms with Gasteiger partial charge in [-0.2, -0.15) is 0 Å². The largest absolute Gasteiger partial charge is 0.488 e. The second-order valence-corrected chi connectivity index (χ2v) is 6.11. The minimum atomic E-state index is -0.630. The van der Waals surface area contributed by atoms with E-state index in [9.17, 15) is 8.78 Å². The maximum absolute atomic E-state index is 13.6. The van der Waals surface area contributed by atoms with E-state index in [0.717, 1.165) is 17.4 Å². The third kappa shape index (κ3) is 3.14. The van der Waals surface area contributed by atoms with Crippen molar-refractivity contribution in [2.45, 2.75) is 12.5 Å². The van der Waals surface area contributed by atoms with Gasteiger partial charge in [0.25, 0.3) is 0 Å². The van der Waals surface area contributed by atoms with E-state index in [-0.39, 0.29) is 16.3 Å². The van der Waals surface area contributed by atoms with Crippen LogP contribution >= 0.6 is 27.5 Å². The number of fused-ring (bicyclic) bond motifs is 1. The number of anilines is 1. The molecular weight excluding hydrogens is 364 g/mol. The van der Waals surface area contributed by atoms with E-state index in [2.05, 4.69) is 21.2 Å². The predicted octanol–water partition coefficient (Wildman–Crippen LogP) is 4.80. The van der Waals surface area contributed by atoms with Crippen molar-refractivity contribution in [2.24, 2.45) is 0 Å². The number of halogens is 4. The van der Waals surface area contributed by atoms with Crippen LogP contribution in [0.25, 0.3) is 0 Å². The number of hydrogen-bond acceptors (Lipinski definition) is 2. The Morgan fingerprint density at radius 1 is 1.24 bits per heavy atom. The molecule has 0 aromatic heterocycles. The fourth-order valence-electron chi connectivity index (χ4n) is 2.28. The molecule has 2 aromatic rings. The molecule has 1 N–H and O–H groups in total. The Morgan fingerprint density at radius 2 is 2.05 bits per heavy atom. The number of ether oxygens (including phenoxy) is 1. The zero-order chi connectivity index (χ0) is 15.0. The summed E-state index contributed by atoms with van der Waals surface area (Å²) >= 11 is 8.97. The quantitative estimate of drug-likeness (QED) is 0.780. The lowest BCUT2D eigenvalue weighted by molar-refractivity contribution is 0.246. The summed E-state index contributed by atoms with van der Waals surface area (Å²) < 4.78 is 32.8. The first-order chi connectivity index (χ1) is 10.0. The first kappa shape index (κ1) is 14.6. The van der Waals surface area contributed by atoms with Crippen molar-refractivity contribution in [3.05, 3.63) is 57.0 Å². The molecule has 3 rings (SSSR count). The third-order valence-corrected chi connectivity index (χ3v) is 4.14. The topological polar surface area (TPSA) is 21.3 Å². The van der Waals surface area contributed by atoms with Gasteiger partial charge in [-0.15, -0.1) is 0 Å². The van der Waals surface area contributed by atoms with E-state index in [1.807, 2.05) is 12.1 Å². The molecule has 1 unspecified atom stereocenters. The Hall–Kier alpha value is -1.33. The highest BCUT2D eigenvalue weighted by molar-refractivity contribution is 9.10. The fraction of sp³-hybridized carbons (Fsp3) is 0.200. The van der Waals surface area contributed by atoms with E-state index in [1.165, 1.54) is 6.07 Å². The molecule has 0 saturated carbocycles. The van der Waals surface area contributed by atoms with Gasteiger partial charge in [0.15, 0.2) is 0 Å². The van der Waals surface area contributed by atoms with Crippen molar-refractivity contribution < 1.29 is 13.5 Å². The molecule has 2 nitrogen and oxygen atoms in total. The van der Waals surface area contributed by atoms with Crippen LogP contribution in [0.5, 0.6) is 5.75 Å². The molecule has 0 saturated heterocycles. The summed E-state index contributed by atoms with van der Waals surface area (Å²) in [6.07, 6.45) is 0.592. The van der Waals surface area contributed by atoms with Crippen LogP contribution < -0.4 is 10.1 Å². The molecule has 1 aliphatic rings. The molecule has 1 heterocycles. The molecule has 0 aliphatic carbocycles. The minimum Gasteiger partial charge on any atom is -0.488 e. The van der Waals surface area contributed by atoms with Crippen molar-refractivity contribution in [3.63, 3.8) is 0 Å². The number of nitrogens with one attached hydrogen (secondary N) is 1. The number of rotatable bonds is 3. The van der Waals surface area contributed by atoms with Gasteiger partial charge < -0.3 is 10.1 Å². The van der Waals surface area contributed by atoms with Crippen LogP contribution in [0.15, 0.2) is 34.8 Å². The molecule has 1 atom stereocenters. The zero-order valence-corrected chi connectivity index (χ0v) is 13.1. The normalized spacial score (nSPS) is 16.5. The Bertz CT molecular complexity index is 696. The summed E-state index contributed by atoms with van der Waals surface area (Å²) in [6.45, 7) is 0.418. The molecule has 1 aliphatic heterocycles. The van der Waals surface area contributed by atoms with Crippen LogP contribution in [0.4, 0.5) is 14.5 Å². The molecular formula is C15H11BrClF2NO. The average molecular weight is 375 g/mol. The summed E-state index contributed by atoms with van der Waals surface area (Å²) in [7, 11) is 0. The Labute approximate surface area is 134 Å². The second-order valence-electron chi connectivity index (χ2n) is 4.82. The van der Waals surface area contributed by atoms with E-state index < -0.39 is 11.6 Å². The highest BCUT2D eigenvalue weighted by Gasteiger charge is 2.23. The smallest absolute Gasteiger partial charge is 0.149 e. The van der Waals surface area contributed by atoms with E-state index >= 15 is 0 Å². The molecule has 21 heavy (non-hydrogen) atoms. The summed E-state index contributed by atoms with van der Waals surface area (Å²) in [5, 5.41) is 3.61. The predicted molar refractivity (Wildman–Crippen MR) is 82.1 cm³/mol. The van der Waals surface area contributed by atoms with E-state index in [0.29, 0.717) is 18.0 Å². The summed E-state index contributed by atoms with van der Waals surface area (Å²) in [5.41, 5.74) is 1.27. The van der Waals surface area contributed by atoms with Gasteiger partial charge >= 0.3 is 0 Å². The number of benzene rings is 2. The third-order valence-electron chi connectivity index (χ3n) is 3.29. The van der Waals surface area contributed by atoms with Crippen LogP contribution in [0, 0.1) is 11.6 Å². The lowest BCUT2D eigenvalue weighted by atomic mass is 10.1. The van der Waals surface area contributed by atoms with Crippen molar-refractivity contribution in [3.8, 4) is 5.75 Å². The Morgan fingerprint density at radius 3 is 2.86 bits per heavy atom. The van der Waals surface area contributed by atoms with Gasteiger partial charge in [0.05, 0.1) is 16.7 Å². The lowest BCUT2D eigenvalue weighted by Crippen LogP contribution is -2.24. The molecule has 0 fully saturated rings. The molecule has 2 aromatic carbocycles. The highest BCUT2D eigenvalue weighted by Crippen LogP contribution is 2.31. The monoisotopic (exact) mass is 373 g/mol. The van der Waals surface area contributed by atoms with E-state index in [1.54, 1.807) is 6.07 Å². The van der Waals surface area contributed by atoms with Crippen LogP contribution in [0.2, 0.25) is 5.02 Å². The lowest BCUT2D eigenvalue weighted by Gasteiger charge is -2.14. The molecule has 6 heteroatoms. The Kier molecular flexibility index (Phi) is 4.04. The molecule has 0 amide bonds. The average Bonchev–Trinajstić information content (AvgIpc) is 2.83. The summed E-state index contributed by atoms with van der Waals surface area (Å²) in [4.78, 5) is 0. The van der Waals surface area contributed by atoms with Gasteiger partial charge in [-0.1, -0.05) is 11.6 Å². The van der Waals surface area contributed by atoms with Gasteiger partial charge in [0.1, 0.15) is 23.5 Å². The van der Waals surface area contributed by atoms with Gasteiger partial charge in [0.2, 0.25) is 0 Å². The van der Waals surface area contributed by atoms with Crippen LogP contribution in [0.1, 0.15) is 5.56 Å². The van der Waals surface area contributed by atoms with Crippen molar-refractivity contribution >= 4 is 33.2 Å². The van der Waals surface area contributed by atoms with Gasteiger partial charge in [-0.3, -0.25) is 0 Å². The second kappa shape index (κ2) is 5.81. The van der Waals surface area contributed by atoms with Gasteiger partial charge in [0, 0.05) is 17.5 Å². The SMILES string of the molecule is Fc1cc(F)c(NCC2Cc3cc(Cl)ccc3O2)cc1Br. The maximum Gasteiger partial charge on any atom is 0.149 e. The molecule has 110 valence electrons. The van der Waals surface area contributed by atoms with Crippen molar-refractivity contribution in [1.82, 2.24) is 0 Å². The zero-order valence-electron chi connectivity index (χ0n) is 10.8. The molecule has 0 bridgehead atoms. The minimum absolute atomic E-state index is 0.110.